The van der Waals surface area contributed by atoms with Gasteiger partial charge in [-0.05, 0) is 17.9 Å². The quantitative estimate of drug-likeness (QED) is 0.834. The maximum absolute atomic E-state index is 12.3. The van der Waals surface area contributed by atoms with Crippen molar-refractivity contribution in [1.29, 1.82) is 0 Å². The Balaban J connectivity index is 2.22. The molecular formula is C15H18N2O3. The first-order chi connectivity index (χ1) is 9.76. The number of benzene rings is 1. The van der Waals surface area contributed by atoms with E-state index in [1.54, 1.807) is 13.3 Å². The summed E-state index contributed by atoms with van der Waals surface area (Å²) in [4.78, 5) is 16.5. The Morgan fingerprint density at radius 1 is 1.40 bits per heavy atom. The molecule has 0 saturated carbocycles. The second kappa shape index (κ2) is 6.98. The Morgan fingerprint density at radius 3 is 2.95 bits per heavy atom. The topological polar surface area (TPSA) is 71.5 Å². The first-order valence-electron chi connectivity index (χ1n) is 6.50. The van der Waals surface area contributed by atoms with Crippen molar-refractivity contribution < 1.29 is 14.6 Å². The van der Waals surface area contributed by atoms with Crippen LogP contribution in [0, 0.1) is 0 Å². The molecule has 0 bridgehead atoms. The van der Waals surface area contributed by atoms with Gasteiger partial charge in [-0.25, -0.2) is 0 Å². The molecule has 2 rings (SSSR count). The summed E-state index contributed by atoms with van der Waals surface area (Å²) in [7, 11) is 1.56. The highest BCUT2D eigenvalue weighted by atomic mass is 16.5. The fraction of sp³-hybridized carbons (Fsp3) is 0.333. The molecule has 0 spiro atoms. The molecule has 0 saturated heterocycles. The first kappa shape index (κ1) is 14.4. The molecule has 1 aromatic heterocycles. The van der Waals surface area contributed by atoms with Crippen molar-refractivity contribution in [2.45, 2.75) is 12.5 Å². The second-order valence-electron chi connectivity index (χ2n) is 4.52. The van der Waals surface area contributed by atoms with Gasteiger partial charge in [0.1, 0.15) is 5.69 Å². The van der Waals surface area contributed by atoms with Crippen molar-refractivity contribution in [3.63, 3.8) is 0 Å². The fourth-order valence-electron chi connectivity index (χ4n) is 2.11. The molecule has 5 nitrogen and oxygen atoms in total. The summed E-state index contributed by atoms with van der Waals surface area (Å²) in [5, 5.41) is 13.6. The number of hydrogen-bond acceptors (Lipinski definition) is 4. The Bertz CT molecular complexity index is 575. The van der Waals surface area contributed by atoms with Crippen molar-refractivity contribution in [3.05, 3.63) is 42.2 Å². The molecular weight excluding hydrogens is 256 g/mol. The number of fused-ring (bicyclic) bond motifs is 1. The molecule has 106 valence electrons. The van der Waals surface area contributed by atoms with E-state index in [-0.39, 0.29) is 18.6 Å². The van der Waals surface area contributed by atoms with Gasteiger partial charge in [-0.1, -0.05) is 24.3 Å². The predicted molar refractivity (Wildman–Crippen MR) is 76.6 cm³/mol. The van der Waals surface area contributed by atoms with Crippen molar-refractivity contribution in [2.75, 3.05) is 20.3 Å². The number of ether oxygens (including phenoxy) is 1. The average Bonchev–Trinajstić information content (AvgIpc) is 2.47. The Hall–Kier alpha value is -1.98. The molecule has 1 amide bonds. The van der Waals surface area contributed by atoms with Crippen LogP contribution in [0.4, 0.5) is 0 Å². The minimum absolute atomic E-state index is 0.00271. The molecule has 1 unspecified atom stereocenters. The van der Waals surface area contributed by atoms with Gasteiger partial charge >= 0.3 is 0 Å². The largest absolute Gasteiger partial charge is 0.396 e. The summed E-state index contributed by atoms with van der Waals surface area (Å²) >= 11 is 0. The number of amides is 1. The van der Waals surface area contributed by atoms with E-state index in [0.717, 1.165) is 10.8 Å². The predicted octanol–water partition coefficient (Wildman–Crippen LogP) is 1.36. The van der Waals surface area contributed by atoms with Crippen molar-refractivity contribution in [3.8, 4) is 0 Å². The van der Waals surface area contributed by atoms with Gasteiger partial charge < -0.3 is 15.2 Å². The van der Waals surface area contributed by atoms with Gasteiger partial charge in [0.15, 0.2) is 0 Å². The number of aliphatic hydroxyl groups is 1. The van der Waals surface area contributed by atoms with E-state index < -0.39 is 0 Å². The SMILES string of the molecule is COCC(CCO)NC(=O)c1nccc2ccccc12. The molecule has 1 heterocycles. The summed E-state index contributed by atoms with van der Waals surface area (Å²) in [5.74, 6) is -0.252. The number of nitrogens with zero attached hydrogens (tertiary/aromatic N) is 1. The molecule has 20 heavy (non-hydrogen) atoms. The van der Waals surface area contributed by atoms with Gasteiger partial charge in [-0.3, -0.25) is 9.78 Å². The number of nitrogens with one attached hydrogen (secondary N) is 1. The van der Waals surface area contributed by atoms with Crippen LogP contribution in [0.3, 0.4) is 0 Å². The third kappa shape index (κ3) is 3.31. The van der Waals surface area contributed by atoms with Gasteiger partial charge in [0.25, 0.3) is 5.91 Å². The van der Waals surface area contributed by atoms with Crippen LogP contribution in [-0.2, 0) is 4.74 Å². The zero-order valence-corrected chi connectivity index (χ0v) is 11.4. The van der Waals surface area contributed by atoms with Gasteiger partial charge in [-0.2, -0.15) is 0 Å². The third-order valence-corrected chi connectivity index (χ3v) is 3.07. The van der Waals surface area contributed by atoms with Gasteiger partial charge in [0.2, 0.25) is 0 Å². The fourth-order valence-corrected chi connectivity index (χ4v) is 2.11. The lowest BCUT2D eigenvalue weighted by Crippen LogP contribution is -2.39. The molecule has 0 fully saturated rings. The Kier molecular flexibility index (Phi) is 5.03. The van der Waals surface area contributed by atoms with Crippen LogP contribution in [0.2, 0.25) is 0 Å². The van der Waals surface area contributed by atoms with E-state index in [1.807, 2.05) is 30.3 Å². The average molecular weight is 274 g/mol. The zero-order chi connectivity index (χ0) is 14.4. The number of carbonyl (C=O) groups is 1. The third-order valence-electron chi connectivity index (χ3n) is 3.07. The molecule has 0 aliphatic heterocycles. The number of carbonyl (C=O) groups excluding carboxylic acids is 1. The van der Waals surface area contributed by atoms with E-state index in [0.29, 0.717) is 18.7 Å². The van der Waals surface area contributed by atoms with Gasteiger partial charge in [-0.15, -0.1) is 0 Å². The smallest absolute Gasteiger partial charge is 0.270 e. The van der Waals surface area contributed by atoms with Crippen LogP contribution in [0.1, 0.15) is 16.9 Å². The monoisotopic (exact) mass is 274 g/mol. The molecule has 1 atom stereocenters. The van der Waals surface area contributed by atoms with E-state index in [9.17, 15) is 4.79 Å². The lowest BCUT2D eigenvalue weighted by Gasteiger charge is -2.17. The van der Waals surface area contributed by atoms with Gasteiger partial charge in [0, 0.05) is 25.3 Å². The van der Waals surface area contributed by atoms with Crippen molar-refractivity contribution >= 4 is 16.7 Å². The van der Waals surface area contributed by atoms with E-state index in [4.69, 9.17) is 9.84 Å². The summed E-state index contributed by atoms with van der Waals surface area (Å²) in [6.45, 7) is 0.355. The Labute approximate surface area is 117 Å². The number of hydrogen-bond donors (Lipinski definition) is 2. The molecule has 5 heteroatoms. The highest BCUT2D eigenvalue weighted by Gasteiger charge is 2.16. The van der Waals surface area contributed by atoms with Crippen LogP contribution < -0.4 is 5.32 Å². The summed E-state index contributed by atoms with van der Waals surface area (Å²) in [5.41, 5.74) is 0.391. The number of pyridine rings is 1. The normalized spacial score (nSPS) is 12.3. The second-order valence-corrected chi connectivity index (χ2v) is 4.52. The molecule has 0 radical (unpaired) electrons. The number of rotatable bonds is 6. The molecule has 1 aromatic carbocycles. The highest BCUT2D eigenvalue weighted by molar-refractivity contribution is 6.05. The van der Waals surface area contributed by atoms with Crippen LogP contribution in [0.5, 0.6) is 0 Å². The van der Waals surface area contributed by atoms with Crippen molar-refractivity contribution in [2.24, 2.45) is 0 Å². The van der Waals surface area contributed by atoms with Crippen molar-refractivity contribution in [1.82, 2.24) is 10.3 Å². The lowest BCUT2D eigenvalue weighted by molar-refractivity contribution is 0.0875. The van der Waals surface area contributed by atoms with Crippen LogP contribution in [0.25, 0.3) is 10.8 Å². The van der Waals surface area contributed by atoms with E-state index >= 15 is 0 Å². The van der Waals surface area contributed by atoms with Crippen LogP contribution >= 0.6 is 0 Å². The number of aliphatic hydroxyl groups excluding tert-OH is 1. The number of aromatic nitrogens is 1. The lowest BCUT2D eigenvalue weighted by atomic mass is 10.1. The molecule has 2 aromatic rings. The minimum Gasteiger partial charge on any atom is -0.396 e. The maximum Gasteiger partial charge on any atom is 0.270 e. The summed E-state index contributed by atoms with van der Waals surface area (Å²) in [6.07, 6.45) is 2.07. The van der Waals surface area contributed by atoms with Crippen LogP contribution in [-0.4, -0.2) is 42.4 Å². The molecule has 0 aliphatic carbocycles. The minimum atomic E-state index is -0.252. The summed E-state index contributed by atoms with van der Waals surface area (Å²) in [6, 6.07) is 9.25. The molecule has 0 aliphatic rings. The standard InChI is InChI=1S/C15H18N2O3/c1-20-10-12(7-9-18)17-15(19)14-13-5-3-2-4-11(13)6-8-16-14/h2-6,8,12,18H,7,9-10H2,1H3,(H,17,19). The van der Waals surface area contributed by atoms with Gasteiger partial charge in [0.05, 0.1) is 12.6 Å². The zero-order valence-electron chi connectivity index (χ0n) is 11.4. The number of methoxy groups -OCH3 is 1. The van der Waals surface area contributed by atoms with E-state index in [2.05, 4.69) is 10.3 Å². The van der Waals surface area contributed by atoms with Crippen LogP contribution in [0.15, 0.2) is 36.5 Å². The molecule has 2 N–H and O–H groups in total. The first-order valence-corrected chi connectivity index (χ1v) is 6.50. The highest BCUT2D eigenvalue weighted by Crippen LogP contribution is 2.16. The van der Waals surface area contributed by atoms with E-state index in [1.165, 1.54) is 0 Å². The Morgan fingerprint density at radius 2 is 2.20 bits per heavy atom. The summed E-state index contributed by atoms with van der Waals surface area (Å²) < 4.78 is 5.03. The maximum atomic E-state index is 12.3.